The maximum absolute atomic E-state index is 12.2. The zero-order valence-corrected chi connectivity index (χ0v) is 15.1. The van der Waals surface area contributed by atoms with Gasteiger partial charge in [-0.1, -0.05) is 0 Å². The number of nitrogens with two attached hydrogens (primary N) is 1. The summed E-state index contributed by atoms with van der Waals surface area (Å²) in [5.74, 6) is -0.567. The molecule has 4 N–H and O–H groups in total. The third-order valence-corrected chi connectivity index (χ3v) is 4.61. The molecule has 3 amide bonds. The summed E-state index contributed by atoms with van der Waals surface area (Å²) in [4.78, 5) is 25.8. The molecule has 2 unspecified atom stereocenters. The smallest absolute Gasteiger partial charge is 0.321 e. The van der Waals surface area contributed by atoms with Gasteiger partial charge >= 0.3 is 6.03 Å². The molecule has 0 aromatic carbocycles. The monoisotopic (exact) mass is 348 g/mol. The third kappa shape index (κ3) is 7.76. The zero-order chi connectivity index (χ0) is 17.8. The van der Waals surface area contributed by atoms with E-state index in [1.54, 1.807) is 6.92 Å². The van der Waals surface area contributed by atoms with Crippen LogP contribution in [0.3, 0.4) is 0 Å². The van der Waals surface area contributed by atoms with E-state index in [0.717, 1.165) is 12.8 Å². The van der Waals surface area contributed by atoms with Gasteiger partial charge in [-0.3, -0.25) is 15.0 Å². The SMILES string of the molecule is CC(C(=O)NC(=O)NC(C)(C)C)N1CCCC(CS(N)(=O)=O)C1. The summed E-state index contributed by atoms with van der Waals surface area (Å²) >= 11 is 0. The number of nitrogens with one attached hydrogen (secondary N) is 2. The van der Waals surface area contributed by atoms with Gasteiger partial charge in [0.1, 0.15) is 0 Å². The highest BCUT2D eigenvalue weighted by Crippen LogP contribution is 2.19. The van der Waals surface area contributed by atoms with Crippen LogP contribution in [0.5, 0.6) is 0 Å². The van der Waals surface area contributed by atoms with E-state index in [0.29, 0.717) is 13.1 Å². The summed E-state index contributed by atoms with van der Waals surface area (Å²) < 4.78 is 22.4. The first-order chi connectivity index (χ1) is 10.4. The minimum Gasteiger partial charge on any atom is -0.333 e. The Morgan fingerprint density at radius 3 is 2.48 bits per heavy atom. The molecule has 0 spiro atoms. The highest BCUT2D eigenvalue weighted by Gasteiger charge is 2.30. The van der Waals surface area contributed by atoms with Crippen LogP contribution in [-0.4, -0.2) is 55.7 Å². The third-order valence-electron chi connectivity index (χ3n) is 3.67. The summed E-state index contributed by atoms with van der Waals surface area (Å²) in [6, 6.07) is -1.04. The Labute approximate surface area is 138 Å². The number of likely N-dealkylation sites (tertiary alicyclic amines) is 1. The first-order valence-corrected chi connectivity index (χ1v) is 9.46. The molecule has 0 bridgehead atoms. The Bertz CT molecular complexity index is 541. The molecule has 1 aliphatic heterocycles. The molecule has 1 rings (SSSR count). The summed E-state index contributed by atoms with van der Waals surface area (Å²) in [6.45, 7) is 8.34. The molecule has 0 aromatic heterocycles. The quantitative estimate of drug-likeness (QED) is 0.660. The van der Waals surface area contributed by atoms with Gasteiger partial charge in [0.15, 0.2) is 0 Å². The van der Waals surface area contributed by atoms with Crippen molar-refractivity contribution in [1.82, 2.24) is 15.5 Å². The molecule has 0 saturated carbocycles. The largest absolute Gasteiger partial charge is 0.333 e. The molecule has 1 heterocycles. The maximum atomic E-state index is 12.2. The average molecular weight is 348 g/mol. The number of hydrogen-bond donors (Lipinski definition) is 3. The van der Waals surface area contributed by atoms with Crippen LogP contribution in [0.4, 0.5) is 4.79 Å². The lowest BCUT2D eigenvalue weighted by atomic mass is 9.98. The lowest BCUT2D eigenvalue weighted by Crippen LogP contribution is -2.54. The van der Waals surface area contributed by atoms with Crippen LogP contribution in [-0.2, 0) is 14.8 Å². The molecule has 0 radical (unpaired) electrons. The Morgan fingerprint density at radius 1 is 1.35 bits per heavy atom. The summed E-state index contributed by atoms with van der Waals surface area (Å²) in [5, 5.41) is 10.1. The van der Waals surface area contributed by atoms with E-state index in [9.17, 15) is 18.0 Å². The zero-order valence-electron chi connectivity index (χ0n) is 14.3. The van der Waals surface area contributed by atoms with Crippen LogP contribution in [0.15, 0.2) is 0 Å². The predicted octanol–water partition coefficient (Wildman–Crippen LogP) is -0.000300. The Hall–Kier alpha value is -1.19. The van der Waals surface area contributed by atoms with Crippen molar-refractivity contribution in [3.63, 3.8) is 0 Å². The van der Waals surface area contributed by atoms with Crippen molar-refractivity contribution in [1.29, 1.82) is 0 Å². The van der Waals surface area contributed by atoms with Crippen molar-refractivity contribution in [2.75, 3.05) is 18.8 Å². The van der Waals surface area contributed by atoms with Crippen LogP contribution >= 0.6 is 0 Å². The number of urea groups is 1. The van der Waals surface area contributed by atoms with E-state index in [-0.39, 0.29) is 11.7 Å². The predicted molar refractivity (Wildman–Crippen MR) is 88.2 cm³/mol. The number of carbonyl (C=O) groups excluding carboxylic acids is 2. The molecular formula is C14H28N4O4S. The first-order valence-electron chi connectivity index (χ1n) is 7.75. The van der Waals surface area contributed by atoms with E-state index in [1.165, 1.54) is 0 Å². The van der Waals surface area contributed by atoms with E-state index in [2.05, 4.69) is 10.6 Å². The molecule has 2 atom stereocenters. The van der Waals surface area contributed by atoms with Gasteiger partial charge in [0.05, 0.1) is 11.8 Å². The van der Waals surface area contributed by atoms with Gasteiger partial charge in [-0.2, -0.15) is 0 Å². The van der Waals surface area contributed by atoms with Crippen molar-refractivity contribution < 1.29 is 18.0 Å². The van der Waals surface area contributed by atoms with Crippen LogP contribution in [0, 0.1) is 5.92 Å². The Kier molecular flexibility index (Phi) is 6.55. The van der Waals surface area contributed by atoms with Crippen LogP contribution < -0.4 is 15.8 Å². The van der Waals surface area contributed by atoms with Crippen LogP contribution in [0.1, 0.15) is 40.5 Å². The number of hydrogen-bond acceptors (Lipinski definition) is 5. The first kappa shape index (κ1) is 19.9. The normalized spacial score (nSPS) is 21.5. The Morgan fingerprint density at radius 2 is 1.96 bits per heavy atom. The number of rotatable bonds is 4. The van der Waals surface area contributed by atoms with E-state index >= 15 is 0 Å². The summed E-state index contributed by atoms with van der Waals surface area (Å²) in [6.07, 6.45) is 1.57. The van der Waals surface area contributed by atoms with Gasteiger partial charge < -0.3 is 5.32 Å². The van der Waals surface area contributed by atoms with Gasteiger partial charge in [-0.25, -0.2) is 18.4 Å². The van der Waals surface area contributed by atoms with E-state index in [4.69, 9.17) is 5.14 Å². The highest BCUT2D eigenvalue weighted by atomic mass is 32.2. The second-order valence-corrected chi connectivity index (χ2v) is 8.86. The number of sulfonamides is 1. The van der Waals surface area contributed by atoms with Gasteiger partial charge in [0, 0.05) is 12.1 Å². The number of amides is 3. The summed E-state index contributed by atoms with van der Waals surface area (Å²) in [7, 11) is -3.52. The number of nitrogens with zero attached hydrogens (tertiary/aromatic N) is 1. The van der Waals surface area contributed by atoms with Crippen molar-refractivity contribution >= 4 is 22.0 Å². The minimum atomic E-state index is -3.52. The van der Waals surface area contributed by atoms with Crippen molar-refractivity contribution in [3.8, 4) is 0 Å². The van der Waals surface area contributed by atoms with Crippen molar-refractivity contribution in [2.45, 2.75) is 52.1 Å². The van der Waals surface area contributed by atoms with Crippen molar-refractivity contribution in [2.24, 2.45) is 11.1 Å². The number of piperidine rings is 1. The number of imide groups is 1. The molecule has 9 heteroatoms. The topological polar surface area (TPSA) is 122 Å². The highest BCUT2D eigenvalue weighted by molar-refractivity contribution is 7.89. The number of carbonyl (C=O) groups is 2. The minimum absolute atomic E-state index is 0.0810. The fraction of sp³-hybridized carbons (Fsp3) is 0.857. The molecular weight excluding hydrogens is 320 g/mol. The second-order valence-electron chi connectivity index (χ2n) is 7.20. The molecule has 8 nitrogen and oxygen atoms in total. The fourth-order valence-electron chi connectivity index (χ4n) is 2.67. The average Bonchev–Trinajstić information content (AvgIpc) is 2.33. The molecule has 134 valence electrons. The van der Waals surface area contributed by atoms with Gasteiger partial charge in [-0.05, 0) is 53.0 Å². The second kappa shape index (κ2) is 7.59. The maximum Gasteiger partial charge on any atom is 0.321 e. The van der Waals surface area contributed by atoms with Crippen molar-refractivity contribution in [3.05, 3.63) is 0 Å². The van der Waals surface area contributed by atoms with Gasteiger partial charge in [0.2, 0.25) is 15.9 Å². The molecule has 1 fully saturated rings. The fourth-order valence-corrected chi connectivity index (χ4v) is 3.60. The molecule has 1 saturated heterocycles. The van der Waals surface area contributed by atoms with Gasteiger partial charge in [-0.15, -0.1) is 0 Å². The van der Waals surface area contributed by atoms with Crippen LogP contribution in [0.25, 0.3) is 0 Å². The van der Waals surface area contributed by atoms with Gasteiger partial charge in [0.25, 0.3) is 0 Å². The van der Waals surface area contributed by atoms with E-state index in [1.807, 2.05) is 25.7 Å². The molecule has 0 aromatic rings. The number of primary sulfonamides is 1. The molecule has 23 heavy (non-hydrogen) atoms. The molecule has 1 aliphatic rings. The summed E-state index contributed by atoms with van der Waals surface area (Å²) in [5.41, 5.74) is -0.431. The van der Waals surface area contributed by atoms with E-state index < -0.39 is 33.5 Å². The lowest BCUT2D eigenvalue weighted by Gasteiger charge is -2.35. The lowest BCUT2D eigenvalue weighted by molar-refractivity contribution is -0.125. The molecule has 0 aliphatic carbocycles. The van der Waals surface area contributed by atoms with Crippen LogP contribution in [0.2, 0.25) is 0 Å². The Balaban J connectivity index is 2.57. The standard InChI is InChI=1S/C14H28N4O4S/c1-10(12(19)16-13(20)17-14(2,3)4)18-7-5-6-11(8-18)9-23(15,21)22/h10-11H,5-9H2,1-4H3,(H2,15,21,22)(H2,16,17,19,20).